The lowest BCUT2D eigenvalue weighted by molar-refractivity contribution is 0.255. The number of rotatable bonds is 2. The van der Waals surface area contributed by atoms with Gasteiger partial charge >= 0.3 is 12.1 Å². The average molecular weight is 338 g/mol. The number of hydrogen-bond acceptors (Lipinski definition) is 6. The van der Waals surface area contributed by atoms with Gasteiger partial charge in [-0.3, -0.25) is 10.8 Å². The maximum absolute atomic E-state index is 11.7. The van der Waals surface area contributed by atoms with Crippen LogP contribution in [0.4, 0.5) is 21.0 Å². The molecule has 0 unspecified atom stereocenters. The first-order valence-corrected chi connectivity index (χ1v) is 6.20. The number of benzene rings is 1. The molecule has 12 heteroatoms. The summed E-state index contributed by atoms with van der Waals surface area (Å²) in [5, 5.41) is 14.9. The highest BCUT2D eigenvalue weighted by atomic mass is 32.1. The largest absolute Gasteiger partial charge is 0.369 e. The molecule has 0 radical (unpaired) electrons. The van der Waals surface area contributed by atoms with Crippen LogP contribution in [0.5, 0.6) is 0 Å². The van der Waals surface area contributed by atoms with Gasteiger partial charge in [0.2, 0.25) is 11.9 Å². The van der Waals surface area contributed by atoms with Gasteiger partial charge in [-0.15, -0.1) is 8.73 Å². The Kier molecular flexibility index (Phi) is 5.65. The molecule has 1 rings (SSSR count). The molecule has 4 amide bonds. The molecule has 0 spiro atoms. The van der Waals surface area contributed by atoms with E-state index in [4.69, 9.17) is 22.3 Å². The molecule has 114 valence electrons. The molecule has 0 aromatic heterocycles. The third-order valence-corrected chi connectivity index (χ3v) is 2.70. The molecule has 1 aromatic rings. The zero-order chi connectivity index (χ0) is 16.9. The highest BCUT2D eigenvalue weighted by molar-refractivity contribution is 7.48. The quantitative estimate of drug-likeness (QED) is 0.459. The van der Waals surface area contributed by atoms with Crippen molar-refractivity contribution in [3.05, 3.63) is 24.3 Å². The third kappa shape index (κ3) is 3.42. The number of nitrogens with one attached hydrogen (secondary N) is 2. The van der Waals surface area contributed by atoms with Crippen molar-refractivity contribution in [1.82, 2.24) is 0 Å². The van der Waals surface area contributed by atoms with Gasteiger partial charge in [-0.05, 0) is 12.1 Å². The van der Waals surface area contributed by atoms with Crippen LogP contribution in [0.3, 0.4) is 0 Å². The molecular weight excluding hydrogens is 328 g/mol. The summed E-state index contributed by atoms with van der Waals surface area (Å²) < 4.78 is 6.03. The van der Waals surface area contributed by atoms with Crippen molar-refractivity contribution >= 4 is 60.2 Å². The first-order chi connectivity index (χ1) is 10.3. The second-order valence-corrected chi connectivity index (χ2v) is 4.04. The van der Waals surface area contributed by atoms with E-state index in [1.54, 1.807) is 0 Å². The highest BCUT2D eigenvalue weighted by Gasteiger charge is 2.27. The van der Waals surface area contributed by atoms with Crippen molar-refractivity contribution < 1.29 is 9.59 Å². The summed E-state index contributed by atoms with van der Waals surface area (Å²) >= 11 is 8.61. The second kappa shape index (κ2) is 7.24. The van der Waals surface area contributed by atoms with Gasteiger partial charge in [-0.25, -0.2) is 19.4 Å². The van der Waals surface area contributed by atoms with E-state index < -0.39 is 24.0 Å². The Labute approximate surface area is 135 Å². The fourth-order valence-corrected chi connectivity index (χ4v) is 1.76. The van der Waals surface area contributed by atoms with E-state index in [0.717, 1.165) is 0 Å². The lowest BCUT2D eigenvalue weighted by Gasteiger charge is -2.25. The molecule has 0 heterocycles. The van der Waals surface area contributed by atoms with Crippen LogP contribution >= 0.6 is 0 Å². The number of nitrogens with two attached hydrogens (primary N) is 2. The Bertz CT molecular complexity index is 620. The smallest absolute Gasteiger partial charge is 0.366 e. The van der Waals surface area contributed by atoms with Crippen LogP contribution in [-0.4, -0.2) is 24.0 Å². The molecule has 0 fully saturated rings. The maximum Gasteiger partial charge on any atom is 0.366 e. The Morgan fingerprint density at radius 1 is 0.909 bits per heavy atom. The van der Waals surface area contributed by atoms with Crippen molar-refractivity contribution in [2.45, 2.75) is 0 Å². The zero-order valence-corrected chi connectivity index (χ0v) is 12.5. The molecule has 6 N–H and O–H groups in total. The van der Waals surface area contributed by atoms with E-state index in [0.29, 0.717) is 9.80 Å². The Morgan fingerprint density at radius 2 is 1.23 bits per heavy atom. The van der Waals surface area contributed by atoms with Crippen LogP contribution in [-0.2, 0) is 24.9 Å². The van der Waals surface area contributed by atoms with E-state index >= 15 is 0 Å². The maximum atomic E-state index is 11.7. The third-order valence-electron chi connectivity index (χ3n) is 2.38. The summed E-state index contributed by atoms with van der Waals surface area (Å²) in [4.78, 5) is 24.8. The first kappa shape index (κ1) is 17.2. The van der Waals surface area contributed by atoms with Crippen molar-refractivity contribution in [3.63, 3.8) is 0 Å². The molecule has 0 aliphatic carbocycles. The van der Waals surface area contributed by atoms with E-state index in [2.05, 4.69) is 33.6 Å². The van der Waals surface area contributed by atoms with Gasteiger partial charge in [-0.1, -0.05) is 12.1 Å². The van der Waals surface area contributed by atoms with Crippen LogP contribution < -0.4 is 21.3 Å². The number of carbonyl (C=O) groups excluding carboxylic acids is 2. The molecule has 0 aliphatic heterocycles. The van der Waals surface area contributed by atoms with Gasteiger partial charge in [0.05, 0.1) is 11.4 Å². The number of nitrogens with zero attached hydrogens (tertiary/aromatic N) is 4. The van der Waals surface area contributed by atoms with Gasteiger partial charge in [-0.2, -0.15) is 0 Å². The number of urea groups is 2. The fourth-order valence-electron chi connectivity index (χ4n) is 1.60. The summed E-state index contributed by atoms with van der Waals surface area (Å²) in [6, 6.07) is 3.73. The van der Waals surface area contributed by atoms with Crippen molar-refractivity contribution in [3.8, 4) is 0 Å². The van der Waals surface area contributed by atoms with Gasteiger partial charge in [0, 0.05) is 24.9 Å². The fraction of sp³-hybridized carbons (Fsp3) is 0. The molecule has 0 saturated heterocycles. The molecule has 10 nitrogen and oxygen atoms in total. The lowest BCUT2D eigenvalue weighted by Crippen LogP contribution is -2.44. The van der Waals surface area contributed by atoms with Crippen molar-refractivity contribution in [2.24, 2.45) is 20.2 Å². The second-order valence-electron chi connectivity index (χ2n) is 3.68. The van der Waals surface area contributed by atoms with Crippen molar-refractivity contribution in [1.29, 1.82) is 10.8 Å². The minimum atomic E-state index is -1.01. The predicted molar refractivity (Wildman–Crippen MR) is 85.6 cm³/mol. The summed E-state index contributed by atoms with van der Waals surface area (Å²) in [6.07, 6.45) is 0. The van der Waals surface area contributed by atoms with Gasteiger partial charge in [0.25, 0.3) is 0 Å². The summed E-state index contributed by atoms with van der Waals surface area (Å²) in [7, 11) is 0. The Morgan fingerprint density at radius 3 is 1.45 bits per heavy atom. The zero-order valence-electron chi connectivity index (χ0n) is 10.9. The highest BCUT2D eigenvalue weighted by Crippen LogP contribution is 2.30. The van der Waals surface area contributed by atoms with Crippen molar-refractivity contribution in [2.75, 3.05) is 9.80 Å². The summed E-state index contributed by atoms with van der Waals surface area (Å²) in [6.45, 7) is 0. The minimum absolute atomic E-state index is 0.0317. The normalized spacial score (nSPS) is 9.45. The van der Waals surface area contributed by atoms with Gasteiger partial charge in [0.1, 0.15) is 0 Å². The molecule has 0 aliphatic rings. The number of hydrogen-bond donors (Lipinski definition) is 4. The van der Waals surface area contributed by atoms with Crippen LogP contribution in [0, 0.1) is 10.8 Å². The molecular formula is C10H10N8O2S2. The topological polar surface area (TPSA) is 165 Å². The molecule has 22 heavy (non-hydrogen) atoms. The molecule has 0 saturated carbocycles. The molecule has 0 bridgehead atoms. The molecule has 0 atom stereocenters. The average Bonchev–Trinajstić information content (AvgIpc) is 2.48. The number of para-hydroxylation sites is 2. The monoisotopic (exact) mass is 338 g/mol. The number of amides is 4. The number of anilines is 2. The van der Waals surface area contributed by atoms with E-state index in [1.807, 2.05) is 0 Å². The summed E-state index contributed by atoms with van der Waals surface area (Å²) in [5.41, 5.74) is 10.6. The predicted octanol–water partition coefficient (Wildman–Crippen LogP) is 0.787. The van der Waals surface area contributed by atoms with Gasteiger partial charge < -0.3 is 11.5 Å². The van der Waals surface area contributed by atoms with Crippen LogP contribution in [0.1, 0.15) is 0 Å². The van der Waals surface area contributed by atoms with E-state index in [9.17, 15) is 9.59 Å². The molecule has 1 aromatic carbocycles. The standard InChI is InChI=1S/C10H10N8O2S2/c11-7(12)17(9(19)15-21)5-3-1-2-4-6(5)18(8(13)14)10(20)16-22/h1-4H,(H3,11,12)(H3,13,14). The minimum Gasteiger partial charge on any atom is -0.369 e. The SMILES string of the molecule is N=C(N)N(C(=O)N=S)c1ccccc1N(C(=N)N)C(=O)N=S. The van der Waals surface area contributed by atoms with Crippen LogP contribution in [0.25, 0.3) is 0 Å². The van der Waals surface area contributed by atoms with E-state index in [1.165, 1.54) is 24.3 Å². The first-order valence-electron chi connectivity index (χ1n) is 5.47. The van der Waals surface area contributed by atoms with E-state index in [-0.39, 0.29) is 11.4 Å². The van der Waals surface area contributed by atoms with Gasteiger partial charge in [0.15, 0.2) is 0 Å². The van der Waals surface area contributed by atoms with Crippen LogP contribution in [0.15, 0.2) is 33.0 Å². The van der Waals surface area contributed by atoms with Crippen LogP contribution in [0.2, 0.25) is 0 Å². The lowest BCUT2D eigenvalue weighted by atomic mass is 10.2. The Balaban J connectivity index is 3.57. The summed E-state index contributed by atoms with van der Waals surface area (Å²) in [5.74, 6) is -1.37. The Hall–Kier alpha value is -2.86. The number of guanidine groups is 2. The number of carbonyl (C=O) groups is 2.